The number of ether oxygens (including phenoxy) is 2. The van der Waals surface area contributed by atoms with E-state index in [1.54, 1.807) is 0 Å². The minimum Gasteiger partial charge on any atom is -0.387 e. The number of hydrogen-bond donors (Lipinski definition) is 8. The van der Waals surface area contributed by atoms with Crippen LogP contribution >= 0.6 is 25.8 Å². The number of anilines is 2. The largest absolute Gasteiger partial charge is 0.387 e. The van der Waals surface area contributed by atoms with Crippen molar-refractivity contribution >= 4 is 71.7 Å². The fraction of sp³-hybridized carbons (Fsp3) is 0.500. The minimum absolute atomic E-state index is 0.0247. The molecule has 0 aliphatic carbocycles. The second-order valence-electron chi connectivity index (χ2n) is 10.3. The molecule has 7 rings (SSSR count). The Hall–Kier alpha value is -2.83. The number of imidazole rings is 2. The quantitative estimate of drug-likeness (QED) is 0.0820. The Bertz CT molecular complexity index is 2060. The molecule has 0 spiro atoms. The summed E-state index contributed by atoms with van der Waals surface area (Å²) in [4.78, 5) is 57.1. The van der Waals surface area contributed by atoms with Crippen LogP contribution in [0, 0.1) is 0 Å². The number of nitrogens with two attached hydrogens (primary N) is 2. The van der Waals surface area contributed by atoms with Gasteiger partial charge in [0.05, 0.1) is 19.5 Å². The van der Waals surface area contributed by atoms with E-state index in [9.17, 15) is 29.3 Å². The highest BCUT2D eigenvalue weighted by Crippen LogP contribution is 2.58. The van der Waals surface area contributed by atoms with Crippen molar-refractivity contribution in [1.82, 2.24) is 39.0 Å². The number of nitrogens with zero attached hydrogens (tertiary/aromatic N) is 6. The molecular weight excluding hydrogens is 698 g/mol. The molecule has 0 radical (unpaired) electrons. The lowest BCUT2D eigenvalue weighted by Crippen LogP contribution is -2.38. The molecule has 26 heteroatoms. The molecule has 0 saturated carbocycles. The standard InChI is InChI=1S/C20H24N10O12P2S2/c21-13-7-14(24-3-23-13)30(20(34)26-7)18-12-10(32)6(40-18)2-38-43(35,45)41-11-9(31)5(1-37-44(36,46)42-12)39-17(11)29-4-25-8-15(29)27-19(22)28-16(8)33/h3-6,9-12,17-18,31-32H,1-2H2,(H,26,34)(H,35,45)(H,36,46)(H2,21,23,24)(H3,22,27,28,33)/t5-,6-,9-,10-,11-,12-,17-,18-,43?,44?/m1/s1. The molecule has 248 valence electrons. The van der Waals surface area contributed by atoms with E-state index in [1.165, 1.54) is 4.57 Å². The maximum Gasteiger partial charge on any atom is 0.386 e. The molecule has 2 unspecified atom stereocenters. The van der Waals surface area contributed by atoms with E-state index in [4.69, 9.17) is 50.8 Å². The van der Waals surface area contributed by atoms with Gasteiger partial charge < -0.3 is 45.6 Å². The van der Waals surface area contributed by atoms with Gasteiger partial charge in [0.15, 0.2) is 35.1 Å². The first-order valence-corrected chi connectivity index (χ1v) is 18.4. The SMILES string of the molecule is Nc1nc2c(ncn2[C@@H]2O[C@@H]3COP(O)(=S)O[C@@H]4[C@H](O)[C@@H](COP(=O)(S)O[C@@H]2[C@@H]3O)O[C@H]4n2c(=O)[nH]c3c(N)ncnc32)c(=O)[nH]1. The van der Waals surface area contributed by atoms with Crippen LogP contribution < -0.4 is 22.7 Å². The van der Waals surface area contributed by atoms with Gasteiger partial charge >= 0.3 is 19.2 Å². The molecule has 10 atom stereocenters. The van der Waals surface area contributed by atoms with Gasteiger partial charge in [0.25, 0.3) is 5.56 Å². The van der Waals surface area contributed by atoms with Crippen LogP contribution in [0.2, 0.25) is 0 Å². The van der Waals surface area contributed by atoms with Crippen molar-refractivity contribution in [3.05, 3.63) is 33.5 Å². The number of H-pyrrole nitrogens is 2. The Labute approximate surface area is 264 Å². The summed E-state index contributed by atoms with van der Waals surface area (Å²) in [6.45, 7) is -10.0. The number of rotatable bonds is 2. The van der Waals surface area contributed by atoms with Crippen LogP contribution in [0.15, 0.2) is 22.2 Å². The first-order chi connectivity index (χ1) is 21.7. The van der Waals surface area contributed by atoms with E-state index in [0.717, 1.165) is 17.2 Å². The van der Waals surface area contributed by atoms with Crippen molar-refractivity contribution in [2.45, 2.75) is 49.1 Å². The molecule has 3 aliphatic heterocycles. The van der Waals surface area contributed by atoms with Crippen LogP contribution in [-0.2, 0) is 43.9 Å². The topological polar surface area (TPSA) is 312 Å². The zero-order chi connectivity index (χ0) is 32.7. The van der Waals surface area contributed by atoms with Crippen molar-refractivity contribution < 1.29 is 47.2 Å². The van der Waals surface area contributed by atoms with Gasteiger partial charge in [-0.25, -0.2) is 28.9 Å². The van der Waals surface area contributed by atoms with E-state index < -0.39 is 87.1 Å². The maximum absolute atomic E-state index is 13.5. The first kappa shape index (κ1) is 31.8. The van der Waals surface area contributed by atoms with Gasteiger partial charge in [-0.1, -0.05) is 12.2 Å². The molecule has 7 heterocycles. The molecule has 3 fully saturated rings. The zero-order valence-electron chi connectivity index (χ0n) is 22.8. The number of aliphatic hydroxyl groups is 2. The first-order valence-electron chi connectivity index (χ1n) is 13.1. The van der Waals surface area contributed by atoms with E-state index in [2.05, 4.69) is 42.2 Å². The number of nitrogens with one attached hydrogen (secondary N) is 2. The summed E-state index contributed by atoms with van der Waals surface area (Å²) in [5.74, 6) is -0.298. The summed E-state index contributed by atoms with van der Waals surface area (Å²) in [6.07, 6.45) is -9.69. The summed E-state index contributed by atoms with van der Waals surface area (Å²) in [7, 11) is 0. The van der Waals surface area contributed by atoms with Crippen molar-refractivity contribution in [3.63, 3.8) is 0 Å². The molecule has 3 saturated heterocycles. The van der Waals surface area contributed by atoms with Crippen molar-refractivity contribution in [2.24, 2.45) is 0 Å². The number of nitrogen functional groups attached to an aromatic ring is 2. The Morgan fingerprint density at radius 2 is 1.65 bits per heavy atom. The third-order valence-electron chi connectivity index (χ3n) is 7.45. The summed E-state index contributed by atoms with van der Waals surface area (Å²) in [5.41, 5.74) is 9.97. The lowest BCUT2D eigenvalue weighted by Gasteiger charge is -2.27. The van der Waals surface area contributed by atoms with E-state index in [0.29, 0.717) is 0 Å². The van der Waals surface area contributed by atoms with Gasteiger partial charge in [0.2, 0.25) is 5.95 Å². The molecule has 22 nitrogen and oxygen atoms in total. The van der Waals surface area contributed by atoms with Crippen molar-refractivity contribution in [3.8, 4) is 0 Å². The van der Waals surface area contributed by atoms with E-state index >= 15 is 0 Å². The predicted octanol–water partition coefficient (Wildman–Crippen LogP) is -1.99. The smallest absolute Gasteiger partial charge is 0.386 e. The van der Waals surface area contributed by atoms with E-state index in [-0.39, 0.29) is 34.1 Å². The van der Waals surface area contributed by atoms with Crippen LogP contribution in [0.5, 0.6) is 0 Å². The van der Waals surface area contributed by atoms with Crippen LogP contribution in [-0.4, -0.2) is 104 Å². The molecule has 3 aliphatic rings. The highest BCUT2D eigenvalue weighted by Gasteiger charge is 2.53. The fourth-order valence-corrected chi connectivity index (χ4v) is 8.27. The fourth-order valence-electron chi connectivity index (χ4n) is 5.40. The van der Waals surface area contributed by atoms with Gasteiger partial charge in [-0.15, -0.1) is 0 Å². The molecule has 46 heavy (non-hydrogen) atoms. The third-order valence-corrected chi connectivity index (χ3v) is 10.6. The number of aromatic nitrogens is 8. The summed E-state index contributed by atoms with van der Waals surface area (Å²) >= 11 is 9.24. The van der Waals surface area contributed by atoms with Crippen LogP contribution in [0.4, 0.5) is 11.8 Å². The van der Waals surface area contributed by atoms with Gasteiger partial charge in [0, 0.05) is 0 Å². The molecule has 4 aromatic rings. The molecule has 0 aromatic carbocycles. The summed E-state index contributed by atoms with van der Waals surface area (Å²) in [5, 5.41) is 22.4. The number of fused-ring (bicyclic) bond motifs is 6. The Kier molecular flexibility index (Phi) is 7.87. The minimum atomic E-state index is -4.42. The van der Waals surface area contributed by atoms with Crippen LogP contribution in [0.25, 0.3) is 22.3 Å². The second kappa shape index (κ2) is 11.4. The highest BCUT2D eigenvalue weighted by molar-refractivity contribution is 8.44. The Morgan fingerprint density at radius 1 is 0.978 bits per heavy atom. The number of thiol groups is 1. The lowest BCUT2D eigenvalue weighted by molar-refractivity contribution is -0.0607. The number of hydrogen-bond acceptors (Lipinski definition) is 18. The number of aromatic amines is 2. The van der Waals surface area contributed by atoms with Crippen LogP contribution in [0.3, 0.4) is 0 Å². The maximum atomic E-state index is 13.5. The Morgan fingerprint density at radius 3 is 2.39 bits per heavy atom. The second-order valence-corrected chi connectivity index (χ2v) is 16.0. The third kappa shape index (κ3) is 5.47. The molecular formula is C20H24N10O12P2S2. The monoisotopic (exact) mass is 722 g/mol. The van der Waals surface area contributed by atoms with Crippen molar-refractivity contribution in [2.75, 3.05) is 24.7 Å². The van der Waals surface area contributed by atoms with Crippen LogP contribution in [0.1, 0.15) is 12.5 Å². The van der Waals surface area contributed by atoms with E-state index in [1.807, 2.05) is 0 Å². The Balaban J connectivity index is 1.24. The molecule has 9 N–H and O–H groups in total. The predicted molar refractivity (Wildman–Crippen MR) is 160 cm³/mol. The summed E-state index contributed by atoms with van der Waals surface area (Å²) in [6, 6.07) is 0. The number of aliphatic hydroxyl groups excluding tert-OH is 2. The average Bonchev–Trinajstić information content (AvgIpc) is 3.70. The average molecular weight is 723 g/mol. The molecule has 4 aromatic heterocycles. The lowest BCUT2D eigenvalue weighted by atomic mass is 10.1. The normalized spacial score (nSPS) is 37.1. The zero-order valence-corrected chi connectivity index (χ0v) is 26.3. The van der Waals surface area contributed by atoms with Gasteiger partial charge in [0.1, 0.15) is 48.5 Å². The van der Waals surface area contributed by atoms with Gasteiger partial charge in [-0.3, -0.25) is 27.9 Å². The van der Waals surface area contributed by atoms with Gasteiger partial charge in [-0.2, -0.15) is 4.98 Å². The molecule has 4 bridgehead atoms. The van der Waals surface area contributed by atoms with Crippen molar-refractivity contribution in [1.29, 1.82) is 0 Å². The highest BCUT2D eigenvalue weighted by atomic mass is 32.7. The van der Waals surface area contributed by atoms with Gasteiger partial charge in [-0.05, 0) is 11.8 Å². The summed E-state index contributed by atoms with van der Waals surface area (Å²) < 4.78 is 49.8. The molecule has 0 amide bonds.